The van der Waals surface area contributed by atoms with Gasteiger partial charge in [0, 0.05) is 38.4 Å². The summed E-state index contributed by atoms with van der Waals surface area (Å²) < 4.78 is 14.3. The van der Waals surface area contributed by atoms with Gasteiger partial charge in [-0.2, -0.15) is 0 Å². The zero-order valence-electron chi connectivity index (χ0n) is 22.1. The fourth-order valence-electron chi connectivity index (χ4n) is 4.99. The predicted octanol–water partition coefficient (Wildman–Crippen LogP) is 5.33. The molecule has 1 aliphatic heterocycles. The molecule has 0 aliphatic carbocycles. The van der Waals surface area contributed by atoms with Gasteiger partial charge in [-0.05, 0) is 75.4 Å². The van der Waals surface area contributed by atoms with Gasteiger partial charge in [-0.15, -0.1) is 0 Å². The Hall–Kier alpha value is -2.83. The van der Waals surface area contributed by atoms with Crippen LogP contribution in [0.2, 0.25) is 0 Å². The van der Waals surface area contributed by atoms with E-state index in [9.17, 15) is 5.11 Å². The average molecular weight is 492 g/mol. The number of ether oxygens (including phenoxy) is 2. The highest BCUT2D eigenvalue weighted by atomic mass is 16.5. The van der Waals surface area contributed by atoms with Crippen molar-refractivity contribution >= 4 is 0 Å². The van der Waals surface area contributed by atoms with E-state index in [0.29, 0.717) is 19.6 Å². The van der Waals surface area contributed by atoms with Gasteiger partial charge in [0.25, 0.3) is 0 Å². The molecule has 0 saturated carbocycles. The first-order valence-corrected chi connectivity index (χ1v) is 13.3. The third-order valence-corrected chi connectivity index (χ3v) is 7.07. The van der Waals surface area contributed by atoms with Gasteiger partial charge in [0.05, 0.1) is 12.2 Å². The van der Waals surface area contributed by atoms with Crippen LogP contribution in [0, 0.1) is 13.8 Å². The summed E-state index contributed by atoms with van der Waals surface area (Å²) in [4.78, 5) is 6.81. The van der Waals surface area contributed by atoms with Gasteiger partial charge < -0.3 is 19.1 Å². The summed E-state index contributed by atoms with van der Waals surface area (Å²) in [5, 5.41) is 11.2. The number of likely N-dealkylation sites (tertiary alicyclic amines) is 1. The number of imidazole rings is 1. The Morgan fingerprint density at radius 2 is 1.94 bits per heavy atom. The quantitative estimate of drug-likeness (QED) is 0.368. The van der Waals surface area contributed by atoms with Crippen LogP contribution in [-0.4, -0.2) is 51.5 Å². The van der Waals surface area contributed by atoms with Crippen LogP contribution in [0.1, 0.15) is 55.1 Å². The summed E-state index contributed by atoms with van der Waals surface area (Å²) in [6, 6.07) is 14.6. The molecule has 1 aromatic heterocycles. The van der Waals surface area contributed by atoms with E-state index in [4.69, 9.17) is 9.47 Å². The molecule has 194 valence electrons. The van der Waals surface area contributed by atoms with Crippen molar-refractivity contribution in [3.63, 3.8) is 0 Å². The summed E-state index contributed by atoms with van der Waals surface area (Å²) in [6.45, 7) is 10.9. The molecular weight excluding hydrogens is 450 g/mol. The van der Waals surface area contributed by atoms with Crippen molar-refractivity contribution in [3.8, 4) is 11.5 Å². The Balaban J connectivity index is 1.23. The molecule has 3 aromatic rings. The van der Waals surface area contributed by atoms with E-state index in [1.54, 1.807) is 0 Å². The summed E-state index contributed by atoms with van der Waals surface area (Å²) in [5.74, 6) is 2.91. The molecule has 0 spiro atoms. The van der Waals surface area contributed by atoms with E-state index < -0.39 is 5.60 Å². The fraction of sp³-hybridized carbons (Fsp3) is 0.500. The molecular formula is C30H41N3O3. The summed E-state index contributed by atoms with van der Waals surface area (Å²) in [5.41, 5.74) is 2.79. The van der Waals surface area contributed by atoms with Gasteiger partial charge in [0.2, 0.25) is 0 Å². The predicted molar refractivity (Wildman–Crippen MR) is 144 cm³/mol. The molecule has 2 aromatic carbocycles. The smallest absolute Gasteiger partial charge is 0.122 e. The maximum Gasteiger partial charge on any atom is 0.122 e. The van der Waals surface area contributed by atoms with Crippen LogP contribution in [0.3, 0.4) is 0 Å². The number of aryl methyl sites for hydroxylation is 4. The van der Waals surface area contributed by atoms with Crippen LogP contribution in [0.25, 0.3) is 0 Å². The average Bonchev–Trinajstić information content (AvgIpc) is 3.24. The summed E-state index contributed by atoms with van der Waals surface area (Å²) in [6.07, 6.45) is 8.22. The molecule has 6 heteroatoms. The molecule has 36 heavy (non-hydrogen) atoms. The molecule has 1 aliphatic rings. The molecule has 1 fully saturated rings. The highest BCUT2D eigenvalue weighted by Gasteiger charge is 2.31. The van der Waals surface area contributed by atoms with E-state index in [2.05, 4.69) is 65.6 Å². The van der Waals surface area contributed by atoms with Crippen LogP contribution in [0.4, 0.5) is 0 Å². The monoisotopic (exact) mass is 491 g/mol. The second kappa shape index (κ2) is 12.4. The maximum absolute atomic E-state index is 11.2. The van der Waals surface area contributed by atoms with Crippen LogP contribution < -0.4 is 9.47 Å². The molecule has 0 amide bonds. The molecule has 0 bridgehead atoms. The minimum Gasteiger partial charge on any atom is -0.494 e. The molecule has 4 rings (SSSR count). The van der Waals surface area contributed by atoms with Gasteiger partial charge in [-0.25, -0.2) is 4.98 Å². The molecule has 6 nitrogen and oxygen atoms in total. The Kier molecular flexibility index (Phi) is 9.05. The third-order valence-electron chi connectivity index (χ3n) is 7.07. The highest BCUT2D eigenvalue weighted by molar-refractivity contribution is 5.35. The SMILES string of the molecule is CCc1nccn1CCCOc1cccc(CN2CCC[C@](O)(COc3ccc(C)cc3C)CC2)c1. The van der Waals surface area contributed by atoms with E-state index in [1.165, 1.54) is 11.1 Å². The Bertz CT molecular complexity index is 1110. The second-order valence-corrected chi connectivity index (χ2v) is 10.2. The zero-order valence-corrected chi connectivity index (χ0v) is 22.1. The lowest BCUT2D eigenvalue weighted by molar-refractivity contribution is -0.0170. The van der Waals surface area contributed by atoms with E-state index in [1.807, 2.05) is 24.5 Å². The van der Waals surface area contributed by atoms with Crippen molar-refractivity contribution in [2.75, 3.05) is 26.3 Å². The molecule has 2 heterocycles. The summed E-state index contributed by atoms with van der Waals surface area (Å²) in [7, 11) is 0. The van der Waals surface area contributed by atoms with Crippen molar-refractivity contribution in [1.29, 1.82) is 0 Å². The number of nitrogens with zero attached hydrogens (tertiary/aromatic N) is 3. The normalized spacial score (nSPS) is 18.7. The van der Waals surface area contributed by atoms with Gasteiger partial charge in [0.15, 0.2) is 0 Å². The van der Waals surface area contributed by atoms with Crippen LogP contribution in [0.5, 0.6) is 11.5 Å². The number of hydrogen-bond acceptors (Lipinski definition) is 5. The second-order valence-electron chi connectivity index (χ2n) is 10.2. The first-order chi connectivity index (χ1) is 17.4. The van der Waals surface area contributed by atoms with Crippen molar-refractivity contribution in [2.45, 2.75) is 71.6 Å². The standard InChI is InChI=1S/C30H41N3O3/c1-4-29-31-14-18-33(29)16-7-19-35-27-9-5-8-26(21-27)22-32-15-6-12-30(34,13-17-32)23-36-28-11-10-24(2)20-25(28)3/h5,8-11,14,18,20-21,34H,4,6-7,12-13,15-17,19,22-23H2,1-3H3/t30-/m1/s1. The number of aromatic nitrogens is 2. The lowest BCUT2D eigenvalue weighted by Gasteiger charge is -2.27. The van der Waals surface area contributed by atoms with Gasteiger partial charge in [-0.1, -0.05) is 36.8 Å². The maximum atomic E-state index is 11.2. The molecule has 1 N–H and O–H groups in total. The van der Waals surface area contributed by atoms with Crippen molar-refractivity contribution < 1.29 is 14.6 Å². The van der Waals surface area contributed by atoms with E-state index in [0.717, 1.165) is 74.7 Å². The number of aliphatic hydroxyl groups is 1. The van der Waals surface area contributed by atoms with Crippen molar-refractivity contribution in [1.82, 2.24) is 14.5 Å². The first-order valence-electron chi connectivity index (χ1n) is 13.3. The summed E-state index contributed by atoms with van der Waals surface area (Å²) >= 11 is 0. The fourth-order valence-corrected chi connectivity index (χ4v) is 4.99. The van der Waals surface area contributed by atoms with E-state index in [-0.39, 0.29) is 0 Å². The van der Waals surface area contributed by atoms with Crippen molar-refractivity contribution in [3.05, 3.63) is 77.4 Å². The number of hydrogen-bond donors (Lipinski definition) is 1. The lowest BCUT2D eigenvalue weighted by Crippen LogP contribution is -2.37. The Morgan fingerprint density at radius 3 is 2.78 bits per heavy atom. The van der Waals surface area contributed by atoms with Gasteiger partial charge in [-0.3, -0.25) is 4.90 Å². The van der Waals surface area contributed by atoms with E-state index >= 15 is 0 Å². The molecule has 0 unspecified atom stereocenters. The third kappa shape index (κ3) is 7.34. The first kappa shape index (κ1) is 26.2. The number of rotatable bonds is 11. The van der Waals surface area contributed by atoms with Crippen molar-refractivity contribution in [2.24, 2.45) is 0 Å². The Labute approximate surface area is 215 Å². The van der Waals surface area contributed by atoms with Gasteiger partial charge in [0.1, 0.15) is 23.9 Å². The van der Waals surface area contributed by atoms with Crippen LogP contribution in [-0.2, 0) is 19.5 Å². The van der Waals surface area contributed by atoms with Gasteiger partial charge >= 0.3 is 0 Å². The zero-order chi connectivity index (χ0) is 25.4. The topological polar surface area (TPSA) is 59.8 Å². The minimum atomic E-state index is -0.788. The highest BCUT2D eigenvalue weighted by Crippen LogP contribution is 2.27. The minimum absolute atomic E-state index is 0.340. The molecule has 1 saturated heterocycles. The molecule has 1 atom stereocenters. The number of benzene rings is 2. The molecule has 0 radical (unpaired) electrons. The lowest BCUT2D eigenvalue weighted by atomic mass is 9.96. The Morgan fingerprint density at radius 1 is 1.06 bits per heavy atom. The largest absolute Gasteiger partial charge is 0.494 e. The van der Waals surface area contributed by atoms with Crippen LogP contribution in [0.15, 0.2) is 54.9 Å². The van der Waals surface area contributed by atoms with Crippen LogP contribution >= 0.6 is 0 Å².